The summed E-state index contributed by atoms with van der Waals surface area (Å²) in [6, 6.07) is 0. The van der Waals surface area contributed by atoms with E-state index < -0.39 is 50.3 Å². The fourth-order valence-corrected chi connectivity index (χ4v) is 3.76. The lowest BCUT2D eigenvalue weighted by atomic mass is 9.88. The largest absolute Gasteiger partial charge is 0.481 e. The lowest BCUT2D eigenvalue weighted by molar-refractivity contribution is -0.152. The fourth-order valence-electron chi connectivity index (χ4n) is 1.72. The van der Waals surface area contributed by atoms with Gasteiger partial charge in [0.15, 0.2) is 5.16 Å². The van der Waals surface area contributed by atoms with E-state index in [1.54, 1.807) is 0 Å². The highest BCUT2D eigenvalue weighted by atomic mass is 31.2. The highest BCUT2D eigenvalue weighted by Crippen LogP contribution is 2.60. The molecular weight excluding hydrogens is 318 g/mol. The predicted molar refractivity (Wildman–Crippen MR) is 65.3 cm³/mol. The summed E-state index contributed by atoms with van der Waals surface area (Å²) < 4.78 is 22.6. The quantitative estimate of drug-likeness (QED) is 0.336. The summed E-state index contributed by atoms with van der Waals surface area (Å²) >= 11 is 0. The number of hydrogen-bond acceptors (Lipinski definition) is 4. The van der Waals surface area contributed by atoms with Crippen molar-refractivity contribution in [3.8, 4) is 0 Å². The van der Waals surface area contributed by atoms with E-state index in [9.17, 15) is 28.5 Å². The molecule has 0 aliphatic rings. The first-order valence-corrected chi connectivity index (χ1v) is 8.54. The average Bonchev–Trinajstić information content (AvgIpc) is 2.20. The van der Waals surface area contributed by atoms with E-state index in [2.05, 4.69) is 0 Å². The van der Waals surface area contributed by atoms with Crippen LogP contribution in [-0.4, -0.2) is 52.5 Å². The molecule has 3 unspecified atom stereocenters. The van der Waals surface area contributed by atoms with Gasteiger partial charge in [-0.3, -0.25) is 18.7 Å². The van der Waals surface area contributed by atoms with Crippen molar-refractivity contribution < 1.29 is 48.5 Å². The zero-order valence-electron chi connectivity index (χ0n) is 10.6. The molecule has 20 heavy (non-hydrogen) atoms. The van der Waals surface area contributed by atoms with Gasteiger partial charge >= 0.3 is 27.1 Å². The van der Waals surface area contributed by atoms with Crippen LogP contribution in [0.3, 0.4) is 0 Å². The normalized spacial score (nSPS) is 18.9. The topological polar surface area (TPSA) is 190 Å². The molecule has 0 aromatic rings. The summed E-state index contributed by atoms with van der Waals surface area (Å²) in [7, 11) is -10.4. The van der Waals surface area contributed by atoms with E-state index in [1.165, 1.54) is 0 Å². The SMILES string of the molecule is CC(C(=O)O)C(CC(C)P(=O)(O)O)(C(=O)O)P(=O)(O)O. The van der Waals surface area contributed by atoms with Crippen molar-refractivity contribution in [2.45, 2.75) is 31.1 Å². The number of rotatable bonds is 7. The van der Waals surface area contributed by atoms with Crippen LogP contribution in [0.15, 0.2) is 0 Å². The second-order valence-corrected chi connectivity index (χ2v) is 8.42. The highest BCUT2D eigenvalue weighted by Gasteiger charge is 2.61. The van der Waals surface area contributed by atoms with Crippen LogP contribution in [0, 0.1) is 5.92 Å². The number of carboxylic acid groups (broad SMARTS) is 2. The van der Waals surface area contributed by atoms with Crippen LogP contribution in [0.5, 0.6) is 0 Å². The molecule has 0 saturated carbocycles. The molecular formula is C8H16O10P2. The van der Waals surface area contributed by atoms with Crippen LogP contribution in [-0.2, 0) is 18.7 Å². The summed E-state index contributed by atoms with van der Waals surface area (Å²) in [6.07, 6.45) is -1.18. The molecule has 12 heteroatoms. The predicted octanol–water partition coefficient (Wildman–Crippen LogP) is -0.336. The number of hydrogen-bond donors (Lipinski definition) is 6. The minimum absolute atomic E-state index is 0.766. The molecule has 0 aromatic heterocycles. The lowest BCUT2D eigenvalue weighted by Gasteiger charge is -2.35. The van der Waals surface area contributed by atoms with E-state index in [0.29, 0.717) is 0 Å². The molecule has 0 aliphatic carbocycles. The van der Waals surface area contributed by atoms with E-state index >= 15 is 0 Å². The van der Waals surface area contributed by atoms with Crippen molar-refractivity contribution in [1.82, 2.24) is 0 Å². The zero-order chi connectivity index (χ0) is 16.5. The Labute approximate surface area is 113 Å². The minimum atomic E-state index is -5.52. The molecule has 0 radical (unpaired) electrons. The Balaban J connectivity index is 6.06. The monoisotopic (exact) mass is 334 g/mol. The van der Waals surface area contributed by atoms with Gasteiger partial charge in [0, 0.05) is 0 Å². The Morgan fingerprint density at radius 1 is 1.05 bits per heavy atom. The Morgan fingerprint density at radius 3 is 1.65 bits per heavy atom. The summed E-state index contributed by atoms with van der Waals surface area (Å²) in [5.74, 6) is -5.97. The molecule has 118 valence electrons. The third kappa shape index (κ3) is 3.66. The maximum Gasteiger partial charge on any atom is 0.343 e. The first kappa shape index (κ1) is 19.2. The molecule has 3 atom stereocenters. The molecule has 0 heterocycles. The van der Waals surface area contributed by atoms with Gasteiger partial charge in [-0.15, -0.1) is 0 Å². The average molecular weight is 334 g/mol. The van der Waals surface area contributed by atoms with E-state index in [1.807, 2.05) is 0 Å². The molecule has 0 amide bonds. The van der Waals surface area contributed by atoms with Crippen LogP contribution in [0.25, 0.3) is 0 Å². The van der Waals surface area contributed by atoms with Gasteiger partial charge in [0.05, 0.1) is 11.6 Å². The van der Waals surface area contributed by atoms with Gasteiger partial charge in [-0.1, -0.05) is 13.8 Å². The third-order valence-electron chi connectivity index (χ3n) is 3.16. The van der Waals surface area contributed by atoms with Crippen molar-refractivity contribution in [1.29, 1.82) is 0 Å². The van der Waals surface area contributed by atoms with Crippen LogP contribution in [0.2, 0.25) is 0 Å². The minimum Gasteiger partial charge on any atom is -0.481 e. The molecule has 0 aromatic carbocycles. The second kappa shape index (κ2) is 5.93. The van der Waals surface area contributed by atoms with E-state index in [0.717, 1.165) is 13.8 Å². The fraction of sp³-hybridized carbons (Fsp3) is 0.750. The van der Waals surface area contributed by atoms with Gasteiger partial charge in [0.2, 0.25) is 0 Å². The first-order valence-electron chi connectivity index (χ1n) is 5.25. The molecule has 0 rings (SSSR count). The van der Waals surface area contributed by atoms with Crippen molar-refractivity contribution in [2.24, 2.45) is 5.92 Å². The summed E-state index contributed by atoms with van der Waals surface area (Å²) in [6.45, 7) is 1.66. The van der Waals surface area contributed by atoms with Crippen molar-refractivity contribution in [3.63, 3.8) is 0 Å². The smallest absolute Gasteiger partial charge is 0.343 e. The van der Waals surface area contributed by atoms with Crippen molar-refractivity contribution >= 4 is 27.1 Å². The lowest BCUT2D eigenvalue weighted by Crippen LogP contribution is -2.49. The van der Waals surface area contributed by atoms with Crippen LogP contribution < -0.4 is 0 Å². The van der Waals surface area contributed by atoms with Gasteiger partial charge < -0.3 is 29.8 Å². The maximum atomic E-state index is 11.5. The van der Waals surface area contributed by atoms with Crippen LogP contribution in [0.4, 0.5) is 0 Å². The van der Waals surface area contributed by atoms with Gasteiger partial charge in [-0.25, -0.2) is 0 Å². The zero-order valence-corrected chi connectivity index (χ0v) is 12.4. The number of aliphatic carboxylic acids is 2. The maximum absolute atomic E-state index is 11.5. The molecule has 10 nitrogen and oxygen atoms in total. The van der Waals surface area contributed by atoms with Gasteiger partial charge in [0.25, 0.3) is 0 Å². The summed E-state index contributed by atoms with van der Waals surface area (Å²) in [5.41, 5.74) is -1.73. The van der Waals surface area contributed by atoms with Gasteiger partial charge in [0.1, 0.15) is 0 Å². The molecule has 0 saturated heterocycles. The van der Waals surface area contributed by atoms with Crippen molar-refractivity contribution in [2.75, 3.05) is 0 Å². The standard InChI is InChI=1S/C8H16O10P2/c1-4(19(13,14)15)3-8(7(11)12,20(16,17)18)5(2)6(9)10/h4-5H,3H2,1-2H3,(H,9,10)(H,11,12)(H2,13,14,15)(H2,16,17,18). The van der Waals surface area contributed by atoms with Gasteiger partial charge in [-0.05, 0) is 6.42 Å². The van der Waals surface area contributed by atoms with E-state index in [-0.39, 0.29) is 0 Å². The Hall–Kier alpha value is -0.760. The van der Waals surface area contributed by atoms with E-state index in [4.69, 9.17) is 20.0 Å². The number of carbonyl (C=O) groups is 2. The third-order valence-corrected chi connectivity index (χ3v) is 6.29. The highest BCUT2D eigenvalue weighted by molar-refractivity contribution is 7.55. The summed E-state index contributed by atoms with van der Waals surface area (Å²) in [5, 5.41) is 14.8. The Bertz CT molecular complexity index is 489. The first-order chi connectivity index (χ1) is 8.68. The number of carboxylic acids is 2. The van der Waals surface area contributed by atoms with Crippen molar-refractivity contribution in [3.05, 3.63) is 0 Å². The molecule has 0 bridgehead atoms. The molecule has 0 aliphatic heterocycles. The Kier molecular flexibility index (Phi) is 5.70. The van der Waals surface area contributed by atoms with Crippen LogP contribution >= 0.6 is 15.2 Å². The molecule has 6 N–H and O–H groups in total. The summed E-state index contributed by atoms with van der Waals surface area (Å²) in [4.78, 5) is 58.6. The molecule has 0 spiro atoms. The Morgan fingerprint density at radius 2 is 1.45 bits per heavy atom. The molecule has 0 fully saturated rings. The second-order valence-electron chi connectivity index (χ2n) is 4.48. The van der Waals surface area contributed by atoms with Gasteiger partial charge in [-0.2, -0.15) is 0 Å². The van der Waals surface area contributed by atoms with Crippen LogP contribution in [0.1, 0.15) is 20.3 Å².